The van der Waals surface area contributed by atoms with Crippen molar-refractivity contribution in [2.45, 2.75) is 12.4 Å². The molecule has 22 heavy (non-hydrogen) atoms. The van der Waals surface area contributed by atoms with Crippen molar-refractivity contribution in [3.63, 3.8) is 0 Å². The third-order valence-corrected chi connectivity index (χ3v) is 3.51. The summed E-state index contributed by atoms with van der Waals surface area (Å²) in [6.45, 7) is 1.78. The molecule has 0 aliphatic carbocycles. The zero-order chi connectivity index (χ0) is 16.5. The van der Waals surface area contributed by atoms with Crippen LogP contribution < -0.4 is 4.18 Å². The number of halogens is 3. The lowest BCUT2D eigenvalue weighted by Crippen LogP contribution is -2.28. The van der Waals surface area contributed by atoms with E-state index in [-0.39, 0.29) is 5.56 Å². The first kappa shape index (κ1) is 15.8. The van der Waals surface area contributed by atoms with Gasteiger partial charge in [-0.2, -0.15) is 31.9 Å². The first-order valence-corrected chi connectivity index (χ1v) is 7.11. The monoisotopic (exact) mass is 331 g/mol. The van der Waals surface area contributed by atoms with E-state index in [9.17, 15) is 21.6 Å². The van der Waals surface area contributed by atoms with Gasteiger partial charge in [-0.1, -0.05) is 0 Å². The van der Waals surface area contributed by atoms with Crippen molar-refractivity contribution in [3.05, 3.63) is 41.7 Å². The van der Waals surface area contributed by atoms with Gasteiger partial charge < -0.3 is 4.18 Å². The third-order valence-electron chi connectivity index (χ3n) is 2.54. The summed E-state index contributed by atoms with van der Waals surface area (Å²) in [6.07, 6.45) is 3.17. The number of nitrogens with zero attached hydrogens (tertiary/aromatic N) is 3. The van der Waals surface area contributed by atoms with Crippen LogP contribution in [0, 0.1) is 18.3 Å². The van der Waals surface area contributed by atoms with Crippen LogP contribution in [0.5, 0.6) is 5.75 Å². The van der Waals surface area contributed by atoms with Gasteiger partial charge in [0.15, 0.2) is 5.75 Å². The molecule has 0 saturated heterocycles. The minimum atomic E-state index is -5.83. The van der Waals surface area contributed by atoms with Crippen LogP contribution in [0.1, 0.15) is 11.1 Å². The normalized spacial score (nSPS) is 12.0. The van der Waals surface area contributed by atoms with Crippen molar-refractivity contribution in [3.8, 4) is 17.5 Å². The summed E-state index contributed by atoms with van der Waals surface area (Å²) >= 11 is 0. The second-order valence-corrected chi connectivity index (χ2v) is 5.78. The number of aryl methyl sites for hydroxylation is 1. The number of hydrogen-bond acceptors (Lipinski definition) is 5. The van der Waals surface area contributed by atoms with Crippen molar-refractivity contribution in [2.75, 3.05) is 0 Å². The van der Waals surface area contributed by atoms with Gasteiger partial charge in [0.2, 0.25) is 0 Å². The van der Waals surface area contributed by atoms with Crippen molar-refractivity contribution in [2.24, 2.45) is 0 Å². The molecule has 1 aromatic carbocycles. The number of rotatable bonds is 3. The van der Waals surface area contributed by atoms with Gasteiger partial charge in [-0.15, -0.1) is 0 Å². The Morgan fingerprint density at radius 3 is 2.55 bits per heavy atom. The molecule has 10 heteroatoms. The predicted molar refractivity (Wildman–Crippen MR) is 68.6 cm³/mol. The van der Waals surface area contributed by atoms with Gasteiger partial charge in [0.25, 0.3) is 0 Å². The predicted octanol–water partition coefficient (Wildman–Crippen LogP) is 2.28. The summed E-state index contributed by atoms with van der Waals surface area (Å²) in [5.74, 6) is -0.701. The third kappa shape index (κ3) is 3.04. The largest absolute Gasteiger partial charge is 0.534 e. The highest BCUT2D eigenvalue weighted by Gasteiger charge is 2.48. The summed E-state index contributed by atoms with van der Waals surface area (Å²) < 4.78 is 64.2. The van der Waals surface area contributed by atoms with Gasteiger partial charge in [-0.3, -0.25) is 0 Å². The molecular weight excluding hydrogens is 323 g/mol. The number of hydrogen-bond donors (Lipinski definition) is 0. The molecule has 1 heterocycles. The number of alkyl halides is 3. The van der Waals surface area contributed by atoms with Gasteiger partial charge in [0.05, 0.1) is 17.4 Å². The minimum Gasteiger partial charge on any atom is -0.375 e. The Morgan fingerprint density at radius 1 is 1.36 bits per heavy atom. The lowest BCUT2D eigenvalue weighted by Gasteiger charge is -2.11. The van der Waals surface area contributed by atoms with Crippen molar-refractivity contribution in [1.82, 2.24) is 9.78 Å². The molecule has 0 N–H and O–H groups in total. The van der Waals surface area contributed by atoms with E-state index < -0.39 is 21.4 Å². The van der Waals surface area contributed by atoms with Crippen LogP contribution in [0.3, 0.4) is 0 Å². The maximum atomic E-state index is 12.3. The molecule has 0 unspecified atom stereocenters. The fourth-order valence-electron chi connectivity index (χ4n) is 1.54. The van der Waals surface area contributed by atoms with Gasteiger partial charge in [-0.05, 0) is 30.7 Å². The Kier molecular flexibility index (Phi) is 3.85. The van der Waals surface area contributed by atoms with E-state index >= 15 is 0 Å². The van der Waals surface area contributed by atoms with Gasteiger partial charge in [-0.25, -0.2) is 4.68 Å². The van der Waals surface area contributed by atoms with E-state index in [1.807, 2.05) is 0 Å². The Morgan fingerprint density at radius 2 is 2.05 bits per heavy atom. The highest BCUT2D eigenvalue weighted by Crippen LogP contribution is 2.29. The topological polar surface area (TPSA) is 85.0 Å². The second kappa shape index (κ2) is 5.34. The molecule has 0 atom stereocenters. The van der Waals surface area contributed by atoms with Crippen LogP contribution in [0.4, 0.5) is 13.2 Å². The zero-order valence-corrected chi connectivity index (χ0v) is 11.8. The molecular formula is C12H8F3N3O3S. The lowest BCUT2D eigenvalue weighted by atomic mass is 10.2. The van der Waals surface area contributed by atoms with Crippen LogP contribution >= 0.6 is 0 Å². The molecule has 0 amide bonds. The summed E-state index contributed by atoms with van der Waals surface area (Å²) in [5.41, 5.74) is -4.73. The highest BCUT2D eigenvalue weighted by atomic mass is 32.2. The van der Waals surface area contributed by atoms with Gasteiger partial charge >= 0.3 is 15.6 Å². The molecule has 0 aliphatic rings. The number of aromatic nitrogens is 2. The Labute approximate surface area is 123 Å². The summed E-state index contributed by atoms with van der Waals surface area (Å²) in [7, 11) is -5.83. The molecule has 0 radical (unpaired) electrons. The van der Waals surface area contributed by atoms with Gasteiger partial charge in [0.1, 0.15) is 6.07 Å². The van der Waals surface area contributed by atoms with Crippen LogP contribution in [0.2, 0.25) is 0 Å². The fraction of sp³-hybridized carbons (Fsp3) is 0.167. The smallest absolute Gasteiger partial charge is 0.375 e. The summed E-state index contributed by atoms with van der Waals surface area (Å²) in [5, 5.41) is 12.9. The molecule has 0 saturated carbocycles. The van der Waals surface area contributed by atoms with E-state index in [0.29, 0.717) is 5.69 Å². The number of nitriles is 1. The zero-order valence-electron chi connectivity index (χ0n) is 11.0. The summed E-state index contributed by atoms with van der Waals surface area (Å²) in [4.78, 5) is 0. The molecule has 0 bridgehead atoms. The van der Waals surface area contributed by atoms with Crippen molar-refractivity contribution >= 4 is 10.1 Å². The van der Waals surface area contributed by atoms with Gasteiger partial charge in [0, 0.05) is 6.20 Å². The van der Waals surface area contributed by atoms with Crippen molar-refractivity contribution in [1.29, 1.82) is 5.26 Å². The average molecular weight is 331 g/mol. The highest BCUT2D eigenvalue weighted by molar-refractivity contribution is 7.88. The average Bonchev–Trinajstić information content (AvgIpc) is 2.84. The Hall–Kier alpha value is -2.54. The lowest BCUT2D eigenvalue weighted by molar-refractivity contribution is -0.0500. The molecule has 6 nitrogen and oxygen atoms in total. The van der Waals surface area contributed by atoms with Crippen LogP contribution in [0.25, 0.3) is 5.69 Å². The quantitative estimate of drug-likeness (QED) is 0.636. The van der Waals surface area contributed by atoms with E-state index in [1.54, 1.807) is 25.4 Å². The van der Waals surface area contributed by atoms with Crippen LogP contribution in [-0.4, -0.2) is 23.7 Å². The maximum absolute atomic E-state index is 12.3. The van der Waals surface area contributed by atoms with Crippen LogP contribution in [0.15, 0.2) is 30.6 Å². The molecule has 2 aromatic rings. The molecule has 1 aromatic heterocycles. The molecule has 2 rings (SSSR count). The Bertz CT molecular complexity index is 850. The van der Waals surface area contributed by atoms with E-state index in [4.69, 9.17) is 5.26 Å². The number of benzene rings is 1. The van der Waals surface area contributed by atoms with Crippen molar-refractivity contribution < 1.29 is 25.8 Å². The first-order chi connectivity index (χ1) is 10.1. The SMILES string of the molecule is Cc1cnn(-c2ccc(OS(=O)(=O)C(F)(F)F)c(C#N)c2)c1. The van der Waals surface area contributed by atoms with Crippen LogP contribution in [-0.2, 0) is 10.1 Å². The Balaban J connectivity index is 2.42. The fourth-order valence-corrected chi connectivity index (χ4v) is 2.02. The maximum Gasteiger partial charge on any atom is 0.534 e. The molecule has 0 fully saturated rings. The molecule has 0 aliphatic heterocycles. The minimum absolute atomic E-state index is 0.363. The molecule has 0 spiro atoms. The first-order valence-electron chi connectivity index (χ1n) is 5.70. The van der Waals surface area contributed by atoms with E-state index in [1.165, 1.54) is 16.8 Å². The molecule has 116 valence electrons. The summed E-state index contributed by atoms with van der Waals surface area (Å²) in [6, 6.07) is 5.02. The van der Waals surface area contributed by atoms with E-state index in [2.05, 4.69) is 9.28 Å². The standard InChI is InChI=1S/C12H8F3N3O3S/c1-8-6-17-18(7-8)10-2-3-11(9(4-10)5-16)21-22(19,20)12(13,14)15/h2-4,6-7H,1H3. The second-order valence-electron chi connectivity index (χ2n) is 4.24. The van der Waals surface area contributed by atoms with E-state index in [0.717, 1.165) is 11.6 Å².